The van der Waals surface area contributed by atoms with Crippen molar-refractivity contribution in [1.82, 2.24) is 15.1 Å². The topological polar surface area (TPSA) is 90.3 Å². The lowest BCUT2D eigenvalue weighted by Crippen LogP contribution is -2.43. The first-order valence-corrected chi connectivity index (χ1v) is 6.28. The molecule has 1 aromatic heterocycles. The van der Waals surface area contributed by atoms with Crippen molar-refractivity contribution < 1.29 is 14.3 Å². The van der Waals surface area contributed by atoms with Crippen molar-refractivity contribution in [3.63, 3.8) is 0 Å². The van der Waals surface area contributed by atoms with Gasteiger partial charge in [0.1, 0.15) is 11.7 Å². The Labute approximate surface area is 116 Å². The van der Waals surface area contributed by atoms with Gasteiger partial charge in [-0.3, -0.25) is 9.59 Å². The number of esters is 1. The summed E-state index contributed by atoms with van der Waals surface area (Å²) in [6.45, 7) is 3.87. The second-order valence-electron chi connectivity index (χ2n) is 4.86. The van der Waals surface area contributed by atoms with Crippen LogP contribution in [0.3, 0.4) is 0 Å². The summed E-state index contributed by atoms with van der Waals surface area (Å²) < 4.78 is 5.72. The van der Waals surface area contributed by atoms with Crippen LogP contribution in [0.5, 0.6) is 0 Å². The standard InChI is InChI=1S/C13H19N3O4/c1-8(2)7-10(13(19)20-4)14-12(18)9-5-6-11(17)16(3)15-9/h5-6,8,10H,7H2,1-4H3,(H,14,18). The summed E-state index contributed by atoms with van der Waals surface area (Å²) in [6, 6.07) is 1.84. The van der Waals surface area contributed by atoms with Crippen LogP contribution in [0.4, 0.5) is 0 Å². The molecule has 0 aliphatic carbocycles. The molecule has 7 nitrogen and oxygen atoms in total. The van der Waals surface area contributed by atoms with Gasteiger partial charge in [0.15, 0.2) is 0 Å². The summed E-state index contributed by atoms with van der Waals surface area (Å²) in [6.07, 6.45) is 0.462. The Morgan fingerprint density at radius 3 is 2.55 bits per heavy atom. The number of hydrogen-bond acceptors (Lipinski definition) is 5. The Balaban J connectivity index is 2.86. The fourth-order valence-electron chi connectivity index (χ4n) is 1.68. The minimum atomic E-state index is -0.730. The molecule has 0 saturated heterocycles. The second-order valence-corrected chi connectivity index (χ2v) is 4.86. The molecule has 0 radical (unpaired) electrons. The Morgan fingerprint density at radius 2 is 2.05 bits per heavy atom. The van der Waals surface area contributed by atoms with Crippen LogP contribution in [0.2, 0.25) is 0 Å². The van der Waals surface area contributed by atoms with Gasteiger partial charge in [-0.2, -0.15) is 5.10 Å². The zero-order valence-corrected chi connectivity index (χ0v) is 12.0. The average Bonchev–Trinajstić information content (AvgIpc) is 2.39. The van der Waals surface area contributed by atoms with Crippen molar-refractivity contribution in [2.45, 2.75) is 26.3 Å². The zero-order valence-electron chi connectivity index (χ0n) is 12.0. The number of carbonyl (C=O) groups excluding carboxylic acids is 2. The quantitative estimate of drug-likeness (QED) is 0.773. The SMILES string of the molecule is COC(=O)C(CC(C)C)NC(=O)c1ccc(=O)n(C)n1. The Kier molecular flexibility index (Phi) is 5.42. The van der Waals surface area contributed by atoms with Gasteiger partial charge in [-0.05, 0) is 18.4 Å². The van der Waals surface area contributed by atoms with Gasteiger partial charge in [-0.25, -0.2) is 9.48 Å². The fraction of sp³-hybridized carbons (Fsp3) is 0.538. The highest BCUT2D eigenvalue weighted by Crippen LogP contribution is 2.07. The molecule has 1 heterocycles. The first-order chi connectivity index (χ1) is 9.35. The summed E-state index contributed by atoms with van der Waals surface area (Å²) in [4.78, 5) is 34.9. The Morgan fingerprint density at radius 1 is 1.40 bits per heavy atom. The molecule has 7 heteroatoms. The highest BCUT2D eigenvalue weighted by molar-refractivity contribution is 5.95. The number of carbonyl (C=O) groups is 2. The monoisotopic (exact) mass is 281 g/mol. The van der Waals surface area contributed by atoms with Gasteiger partial charge >= 0.3 is 5.97 Å². The van der Waals surface area contributed by atoms with Gasteiger partial charge in [0.25, 0.3) is 11.5 Å². The molecule has 1 aromatic rings. The van der Waals surface area contributed by atoms with E-state index in [-0.39, 0.29) is 17.2 Å². The highest BCUT2D eigenvalue weighted by Gasteiger charge is 2.23. The molecule has 0 aromatic carbocycles. The lowest BCUT2D eigenvalue weighted by Gasteiger charge is -2.18. The predicted octanol–water partition coefficient (Wildman–Crippen LogP) is 0.0978. The fourth-order valence-corrected chi connectivity index (χ4v) is 1.68. The van der Waals surface area contributed by atoms with Gasteiger partial charge in [-0.15, -0.1) is 0 Å². The van der Waals surface area contributed by atoms with E-state index in [1.165, 1.54) is 26.3 Å². The third-order valence-electron chi connectivity index (χ3n) is 2.69. The van der Waals surface area contributed by atoms with Crippen molar-refractivity contribution in [3.05, 3.63) is 28.2 Å². The largest absolute Gasteiger partial charge is 0.467 e. The van der Waals surface area contributed by atoms with Crippen LogP contribution in [0.25, 0.3) is 0 Å². The van der Waals surface area contributed by atoms with E-state index in [1.807, 2.05) is 13.8 Å². The number of aromatic nitrogens is 2. The molecule has 0 aliphatic rings. The third-order valence-corrected chi connectivity index (χ3v) is 2.69. The van der Waals surface area contributed by atoms with Crippen molar-refractivity contribution in [2.24, 2.45) is 13.0 Å². The van der Waals surface area contributed by atoms with Gasteiger partial charge < -0.3 is 10.1 Å². The number of hydrogen-bond donors (Lipinski definition) is 1. The third kappa shape index (κ3) is 4.18. The maximum atomic E-state index is 12.0. The van der Waals surface area contributed by atoms with E-state index in [0.717, 1.165) is 4.68 Å². The molecule has 1 rings (SSSR count). The van der Waals surface area contributed by atoms with Crippen molar-refractivity contribution >= 4 is 11.9 Å². The summed E-state index contributed by atoms with van der Waals surface area (Å²) in [5, 5.41) is 6.40. The van der Waals surface area contributed by atoms with Crippen LogP contribution >= 0.6 is 0 Å². The van der Waals surface area contributed by atoms with E-state index in [4.69, 9.17) is 0 Å². The Hall–Kier alpha value is -2.18. The molecule has 1 atom stereocenters. The predicted molar refractivity (Wildman–Crippen MR) is 72.2 cm³/mol. The molecule has 0 bridgehead atoms. The maximum Gasteiger partial charge on any atom is 0.328 e. The number of ether oxygens (including phenoxy) is 1. The molecule has 0 saturated carbocycles. The normalized spacial score (nSPS) is 12.1. The first kappa shape index (κ1) is 15.9. The molecular weight excluding hydrogens is 262 g/mol. The minimum absolute atomic E-state index is 0.0739. The van der Waals surface area contributed by atoms with E-state index in [2.05, 4.69) is 15.2 Å². The van der Waals surface area contributed by atoms with E-state index < -0.39 is 17.9 Å². The van der Waals surface area contributed by atoms with Crippen LogP contribution in [0, 0.1) is 5.92 Å². The first-order valence-electron chi connectivity index (χ1n) is 6.28. The van der Waals surface area contributed by atoms with Gasteiger partial charge in [0.2, 0.25) is 0 Å². The number of methoxy groups -OCH3 is 1. The van der Waals surface area contributed by atoms with Gasteiger partial charge in [0, 0.05) is 13.1 Å². The van der Waals surface area contributed by atoms with Crippen molar-refractivity contribution in [3.8, 4) is 0 Å². The number of rotatable bonds is 5. The molecule has 1 unspecified atom stereocenters. The van der Waals surface area contributed by atoms with Gasteiger partial charge in [-0.1, -0.05) is 13.8 Å². The lowest BCUT2D eigenvalue weighted by molar-refractivity contribution is -0.143. The van der Waals surface area contributed by atoms with Crippen LogP contribution in [-0.4, -0.2) is 34.8 Å². The smallest absolute Gasteiger partial charge is 0.328 e. The number of nitrogens with zero attached hydrogens (tertiary/aromatic N) is 2. The van der Waals surface area contributed by atoms with Gasteiger partial charge in [0.05, 0.1) is 7.11 Å². The molecule has 0 spiro atoms. The molecule has 1 N–H and O–H groups in total. The van der Waals surface area contributed by atoms with Crippen LogP contribution in [-0.2, 0) is 16.6 Å². The number of aryl methyl sites for hydroxylation is 1. The van der Waals surface area contributed by atoms with E-state index >= 15 is 0 Å². The van der Waals surface area contributed by atoms with Crippen molar-refractivity contribution in [1.29, 1.82) is 0 Å². The molecule has 20 heavy (non-hydrogen) atoms. The van der Waals surface area contributed by atoms with Crippen molar-refractivity contribution in [2.75, 3.05) is 7.11 Å². The minimum Gasteiger partial charge on any atom is -0.467 e. The van der Waals surface area contributed by atoms with Crippen LogP contribution in [0.15, 0.2) is 16.9 Å². The lowest BCUT2D eigenvalue weighted by atomic mass is 10.0. The van der Waals surface area contributed by atoms with Crippen LogP contribution in [0.1, 0.15) is 30.8 Å². The zero-order chi connectivity index (χ0) is 15.3. The summed E-state index contributed by atoms with van der Waals surface area (Å²) in [5.74, 6) is -0.805. The average molecular weight is 281 g/mol. The van der Waals surface area contributed by atoms with E-state index in [9.17, 15) is 14.4 Å². The maximum absolute atomic E-state index is 12.0. The molecule has 1 amide bonds. The summed E-state index contributed by atoms with van der Waals surface area (Å²) >= 11 is 0. The summed E-state index contributed by atoms with van der Waals surface area (Å²) in [7, 11) is 2.72. The second kappa shape index (κ2) is 6.83. The van der Waals surface area contributed by atoms with E-state index in [1.54, 1.807) is 0 Å². The highest BCUT2D eigenvalue weighted by atomic mass is 16.5. The number of nitrogens with one attached hydrogen (secondary N) is 1. The molecular formula is C13H19N3O4. The molecule has 0 fully saturated rings. The summed E-state index contributed by atoms with van der Waals surface area (Å²) in [5.41, 5.74) is -0.238. The number of amides is 1. The Bertz CT molecular complexity index is 551. The van der Waals surface area contributed by atoms with Crippen LogP contribution < -0.4 is 10.9 Å². The molecule has 0 aliphatic heterocycles. The molecule has 110 valence electrons. The van der Waals surface area contributed by atoms with E-state index in [0.29, 0.717) is 6.42 Å².